The highest BCUT2D eigenvalue weighted by Gasteiger charge is 2.62. The molecular formula is C35H46FN5O9S. The lowest BCUT2D eigenvalue weighted by Crippen LogP contribution is -2.58. The van der Waals surface area contributed by atoms with Crippen LogP contribution in [0.25, 0.3) is 0 Å². The van der Waals surface area contributed by atoms with Crippen LogP contribution in [0.3, 0.4) is 0 Å². The average molecular weight is 732 g/mol. The molecule has 0 spiro atoms. The predicted molar refractivity (Wildman–Crippen MR) is 180 cm³/mol. The molecule has 0 aromatic heterocycles. The van der Waals surface area contributed by atoms with Crippen LogP contribution in [-0.2, 0) is 47.0 Å². The summed E-state index contributed by atoms with van der Waals surface area (Å²) in [6.07, 6.45) is 5.19. The second-order valence-electron chi connectivity index (χ2n) is 14.7. The fraction of sp³-hybridized carbons (Fsp3) is 0.629. The van der Waals surface area contributed by atoms with Crippen molar-refractivity contribution >= 4 is 39.9 Å². The SMILES string of the molecule is CC(C)COC(=O)N[C@H]1CCCCC/C=C\[C@@H]2C[C@@]2(C(=O)NS(=O)(=O)C2CC2)NC(=O)[C@@H]2C[C@@H](OC(=O)N3Cc4cccc(F)c4C3)CN2C1=O. The Hall–Kier alpha value is -4.21. The summed E-state index contributed by atoms with van der Waals surface area (Å²) < 4.78 is 53.1. The van der Waals surface area contributed by atoms with Gasteiger partial charge in [0.15, 0.2) is 0 Å². The minimum Gasteiger partial charge on any atom is -0.449 e. The molecule has 5 aliphatic rings. The van der Waals surface area contributed by atoms with Crippen LogP contribution in [0.15, 0.2) is 30.4 Å². The van der Waals surface area contributed by atoms with E-state index >= 15 is 0 Å². The number of hydrogen-bond donors (Lipinski definition) is 3. The van der Waals surface area contributed by atoms with Crippen molar-refractivity contribution < 1.29 is 46.3 Å². The van der Waals surface area contributed by atoms with Crippen molar-refractivity contribution in [2.75, 3.05) is 13.2 Å². The normalized spacial score (nSPS) is 28.7. The van der Waals surface area contributed by atoms with E-state index in [0.717, 1.165) is 12.8 Å². The lowest BCUT2D eigenvalue weighted by Gasteiger charge is -2.29. The first-order chi connectivity index (χ1) is 24.3. The highest BCUT2D eigenvalue weighted by molar-refractivity contribution is 7.91. The summed E-state index contributed by atoms with van der Waals surface area (Å²) in [6.45, 7) is 3.84. The average Bonchev–Trinajstić information content (AvgIpc) is 3.96. The number of sulfonamides is 1. The number of allylic oxidation sites excluding steroid dienone is 1. The number of hydrogen-bond acceptors (Lipinski definition) is 9. The highest BCUT2D eigenvalue weighted by atomic mass is 32.2. The molecule has 0 bridgehead atoms. The number of halogens is 1. The van der Waals surface area contributed by atoms with E-state index < -0.39 is 80.6 Å². The molecule has 3 heterocycles. The van der Waals surface area contributed by atoms with Gasteiger partial charge in [-0.3, -0.25) is 24.0 Å². The minimum absolute atomic E-state index is 0.000898. The Kier molecular flexibility index (Phi) is 10.6. The molecule has 1 saturated heterocycles. The van der Waals surface area contributed by atoms with Crippen LogP contribution >= 0.6 is 0 Å². The number of ether oxygens (including phenoxy) is 2. The number of nitrogens with one attached hydrogen (secondary N) is 3. The van der Waals surface area contributed by atoms with Crippen molar-refractivity contribution in [1.29, 1.82) is 0 Å². The maximum Gasteiger partial charge on any atom is 0.410 e. The van der Waals surface area contributed by atoms with E-state index in [9.17, 15) is 36.8 Å². The summed E-state index contributed by atoms with van der Waals surface area (Å²) in [7, 11) is -3.92. The zero-order valence-electron chi connectivity index (χ0n) is 28.9. The highest BCUT2D eigenvalue weighted by Crippen LogP contribution is 2.46. The van der Waals surface area contributed by atoms with Gasteiger partial charge < -0.3 is 25.0 Å². The first kappa shape index (κ1) is 36.6. The van der Waals surface area contributed by atoms with Crippen molar-refractivity contribution in [3.63, 3.8) is 0 Å². The Labute approximate surface area is 296 Å². The zero-order valence-corrected chi connectivity index (χ0v) is 29.7. The summed E-state index contributed by atoms with van der Waals surface area (Å²) >= 11 is 0. The Morgan fingerprint density at radius 2 is 1.88 bits per heavy atom. The zero-order chi connectivity index (χ0) is 36.5. The first-order valence-corrected chi connectivity index (χ1v) is 19.3. The van der Waals surface area contributed by atoms with Gasteiger partial charge in [0.2, 0.25) is 21.8 Å². The van der Waals surface area contributed by atoms with Crippen LogP contribution in [0, 0.1) is 17.7 Å². The predicted octanol–water partition coefficient (Wildman–Crippen LogP) is 3.00. The van der Waals surface area contributed by atoms with Crippen LogP contribution in [0.1, 0.15) is 82.8 Å². The third-order valence-corrected chi connectivity index (χ3v) is 12.0. The van der Waals surface area contributed by atoms with Crippen LogP contribution < -0.4 is 15.4 Å². The largest absolute Gasteiger partial charge is 0.449 e. The summed E-state index contributed by atoms with van der Waals surface area (Å²) in [4.78, 5) is 70.6. The number of rotatable bonds is 7. The monoisotopic (exact) mass is 731 g/mol. The molecule has 0 radical (unpaired) electrons. The molecule has 3 aliphatic heterocycles. The van der Waals surface area contributed by atoms with Crippen LogP contribution in [-0.4, -0.2) is 90.3 Å². The number of alkyl carbamates (subject to hydrolysis) is 1. The van der Waals surface area contributed by atoms with Gasteiger partial charge in [-0.05, 0) is 56.1 Å². The fourth-order valence-electron chi connectivity index (χ4n) is 7.00. The quantitative estimate of drug-likeness (QED) is 0.356. The number of benzene rings is 1. The van der Waals surface area contributed by atoms with Gasteiger partial charge in [-0.15, -0.1) is 0 Å². The van der Waals surface area contributed by atoms with E-state index in [1.54, 1.807) is 12.1 Å². The lowest BCUT2D eigenvalue weighted by molar-refractivity contribution is -0.141. The van der Waals surface area contributed by atoms with Gasteiger partial charge in [-0.25, -0.2) is 22.4 Å². The molecule has 51 heavy (non-hydrogen) atoms. The molecule has 278 valence electrons. The van der Waals surface area contributed by atoms with E-state index in [1.807, 2.05) is 26.0 Å². The first-order valence-electron chi connectivity index (χ1n) is 17.8. The molecule has 1 aromatic rings. The Morgan fingerprint density at radius 1 is 1.10 bits per heavy atom. The molecule has 6 rings (SSSR count). The fourth-order valence-corrected chi connectivity index (χ4v) is 8.36. The summed E-state index contributed by atoms with van der Waals surface area (Å²) in [5.74, 6) is -2.98. The molecule has 3 N–H and O–H groups in total. The Bertz CT molecular complexity index is 1700. The second-order valence-corrected chi connectivity index (χ2v) is 16.6. The summed E-state index contributed by atoms with van der Waals surface area (Å²) in [5.41, 5.74) is -0.510. The molecule has 5 atom stereocenters. The van der Waals surface area contributed by atoms with E-state index in [4.69, 9.17) is 9.47 Å². The van der Waals surface area contributed by atoms with E-state index in [1.165, 1.54) is 15.9 Å². The van der Waals surface area contributed by atoms with Crippen LogP contribution in [0.4, 0.5) is 14.0 Å². The molecule has 3 fully saturated rings. The third-order valence-electron chi connectivity index (χ3n) is 10.1. The number of carbonyl (C=O) groups is 5. The van der Waals surface area contributed by atoms with Gasteiger partial charge in [0, 0.05) is 24.4 Å². The van der Waals surface area contributed by atoms with Gasteiger partial charge in [0.1, 0.15) is 29.5 Å². The van der Waals surface area contributed by atoms with Crippen molar-refractivity contribution in [2.45, 2.75) is 114 Å². The Balaban J connectivity index is 1.24. The topological polar surface area (TPSA) is 181 Å². The molecule has 2 aliphatic carbocycles. The van der Waals surface area contributed by atoms with E-state index in [-0.39, 0.29) is 51.4 Å². The van der Waals surface area contributed by atoms with Gasteiger partial charge in [0.05, 0.1) is 24.9 Å². The smallest absolute Gasteiger partial charge is 0.410 e. The van der Waals surface area contributed by atoms with E-state index in [2.05, 4.69) is 15.4 Å². The van der Waals surface area contributed by atoms with Gasteiger partial charge in [-0.2, -0.15) is 0 Å². The molecule has 0 unspecified atom stereocenters. The second kappa shape index (κ2) is 14.8. The molecule has 14 nitrogen and oxygen atoms in total. The van der Waals surface area contributed by atoms with Crippen molar-refractivity contribution in [2.24, 2.45) is 11.8 Å². The maximum absolute atomic E-state index is 14.4. The number of fused-ring (bicyclic) bond motifs is 3. The van der Waals surface area contributed by atoms with Crippen molar-refractivity contribution in [3.05, 3.63) is 47.3 Å². The van der Waals surface area contributed by atoms with Gasteiger partial charge in [0.25, 0.3) is 5.91 Å². The lowest BCUT2D eigenvalue weighted by atomic mass is 10.0. The van der Waals surface area contributed by atoms with E-state index in [0.29, 0.717) is 36.8 Å². The number of carbonyl (C=O) groups excluding carboxylic acids is 5. The van der Waals surface area contributed by atoms with Gasteiger partial charge >= 0.3 is 12.2 Å². The standard InChI is InChI=1S/C35H46FN5O9S/c1-21(2)20-49-33(45)37-28-12-7-5-3-4-6-10-23-16-35(23,32(44)39-51(47,48)25-13-14-25)38-30(42)29-15-24(18-41(29)31(28)43)50-34(46)40-17-22-9-8-11-27(36)26(22)19-40/h6,8-11,21,23-25,28-29H,3-5,7,12-20H2,1-2H3,(H,37,45)(H,38,42)(H,39,44)/b10-6-/t23-,24-,28+,29+,35-/m1/s1. The molecule has 2 saturated carbocycles. The van der Waals surface area contributed by atoms with Gasteiger partial charge in [-0.1, -0.05) is 51.0 Å². The Morgan fingerprint density at radius 3 is 2.61 bits per heavy atom. The minimum atomic E-state index is -3.92. The molecule has 16 heteroatoms. The maximum atomic E-state index is 14.4. The van der Waals surface area contributed by atoms with Crippen molar-refractivity contribution in [1.82, 2.24) is 25.2 Å². The molecule has 5 amide bonds. The van der Waals surface area contributed by atoms with Crippen molar-refractivity contribution in [3.8, 4) is 0 Å². The van der Waals surface area contributed by atoms with Crippen LogP contribution in [0.5, 0.6) is 0 Å². The van der Waals surface area contributed by atoms with Crippen LogP contribution in [0.2, 0.25) is 0 Å². The summed E-state index contributed by atoms with van der Waals surface area (Å²) in [6, 6.07) is 2.33. The third kappa shape index (κ3) is 8.31. The number of nitrogens with zero attached hydrogens (tertiary/aromatic N) is 2. The summed E-state index contributed by atoms with van der Waals surface area (Å²) in [5, 5.41) is 4.79. The molecular weight excluding hydrogens is 685 g/mol. The molecule has 1 aromatic carbocycles. The number of amides is 5.